The molecule has 7 nitrogen and oxygen atoms in total. The number of nitrogens with zero attached hydrogens (tertiary/aromatic N) is 4. The summed E-state index contributed by atoms with van der Waals surface area (Å²) < 4.78 is 38.7. The molecule has 0 radical (unpaired) electrons. The molecule has 1 fully saturated rings. The summed E-state index contributed by atoms with van der Waals surface area (Å²) in [4.78, 5) is 15.7. The van der Waals surface area contributed by atoms with Crippen LogP contribution < -0.4 is 11.1 Å². The van der Waals surface area contributed by atoms with Crippen molar-refractivity contribution in [2.24, 2.45) is 11.7 Å². The average Bonchev–Trinajstić information content (AvgIpc) is 3.28. The van der Waals surface area contributed by atoms with Crippen LogP contribution in [0.4, 0.5) is 13.2 Å². The van der Waals surface area contributed by atoms with Gasteiger partial charge in [0.25, 0.3) is 5.91 Å². The Labute approximate surface area is 135 Å². The van der Waals surface area contributed by atoms with Crippen LogP contribution in [-0.2, 0) is 6.18 Å². The molecule has 1 amide bonds. The normalized spacial score (nSPS) is 16.0. The number of nitrogens with two attached hydrogens (primary N) is 1. The maximum Gasteiger partial charge on any atom is 0.417 e. The van der Waals surface area contributed by atoms with E-state index in [4.69, 9.17) is 5.73 Å². The van der Waals surface area contributed by atoms with Crippen molar-refractivity contribution in [3.05, 3.63) is 35.8 Å². The van der Waals surface area contributed by atoms with Gasteiger partial charge in [-0.1, -0.05) is 5.21 Å². The number of hydrogen-bond donors (Lipinski definition) is 2. The van der Waals surface area contributed by atoms with Gasteiger partial charge >= 0.3 is 6.18 Å². The van der Waals surface area contributed by atoms with Crippen LogP contribution in [0.15, 0.2) is 24.5 Å². The lowest BCUT2D eigenvalue weighted by atomic mass is 10.2. The van der Waals surface area contributed by atoms with Crippen molar-refractivity contribution in [2.75, 3.05) is 6.54 Å². The van der Waals surface area contributed by atoms with E-state index in [0.29, 0.717) is 18.7 Å². The van der Waals surface area contributed by atoms with Crippen molar-refractivity contribution in [3.63, 3.8) is 0 Å². The molecule has 24 heavy (non-hydrogen) atoms. The van der Waals surface area contributed by atoms with E-state index >= 15 is 0 Å². The van der Waals surface area contributed by atoms with E-state index in [1.54, 1.807) is 0 Å². The van der Waals surface area contributed by atoms with Crippen LogP contribution in [0.1, 0.15) is 28.9 Å². The Kier molecular flexibility index (Phi) is 4.22. The Morgan fingerprint density at radius 2 is 2.17 bits per heavy atom. The lowest BCUT2D eigenvalue weighted by Gasteiger charge is -2.10. The molecule has 1 unspecified atom stereocenters. The van der Waals surface area contributed by atoms with Gasteiger partial charge in [-0.25, -0.2) is 9.67 Å². The van der Waals surface area contributed by atoms with Crippen LogP contribution in [0, 0.1) is 5.92 Å². The van der Waals surface area contributed by atoms with E-state index < -0.39 is 17.6 Å². The molecule has 1 saturated carbocycles. The van der Waals surface area contributed by atoms with Gasteiger partial charge in [-0.05, 0) is 30.9 Å². The van der Waals surface area contributed by atoms with E-state index in [2.05, 4.69) is 20.6 Å². The summed E-state index contributed by atoms with van der Waals surface area (Å²) in [6, 6.07) is 1.96. The number of amides is 1. The second-order valence-corrected chi connectivity index (χ2v) is 5.66. The first-order chi connectivity index (χ1) is 11.3. The first kappa shape index (κ1) is 16.4. The number of pyridine rings is 1. The predicted octanol–water partition coefficient (Wildman–Crippen LogP) is 1.15. The van der Waals surface area contributed by atoms with Gasteiger partial charge in [0.2, 0.25) is 0 Å². The van der Waals surface area contributed by atoms with Crippen LogP contribution in [-0.4, -0.2) is 38.5 Å². The number of halogens is 3. The van der Waals surface area contributed by atoms with Gasteiger partial charge in [-0.15, -0.1) is 5.10 Å². The molecule has 1 aliphatic carbocycles. The highest BCUT2D eigenvalue weighted by molar-refractivity contribution is 5.91. The zero-order valence-corrected chi connectivity index (χ0v) is 12.5. The minimum atomic E-state index is -4.46. The molecule has 0 aliphatic heterocycles. The largest absolute Gasteiger partial charge is 0.417 e. The highest BCUT2D eigenvalue weighted by Crippen LogP contribution is 2.31. The molecule has 2 aromatic rings. The third-order valence-corrected chi connectivity index (χ3v) is 3.76. The molecular formula is C14H15F3N6O. The first-order valence-corrected chi connectivity index (χ1v) is 7.34. The molecule has 0 bridgehead atoms. The van der Waals surface area contributed by atoms with Crippen LogP contribution in [0.2, 0.25) is 0 Å². The van der Waals surface area contributed by atoms with Gasteiger partial charge in [0.15, 0.2) is 11.5 Å². The molecule has 0 aromatic carbocycles. The number of carbonyl (C=O) groups is 1. The maximum atomic E-state index is 12.5. The summed E-state index contributed by atoms with van der Waals surface area (Å²) in [6.45, 7) is 0.342. The number of nitrogens with one attached hydrogen (secondary N) is 1. The zero-order chi connectivity index (χ0) is 17.3. The second kappa shape index (κ2) is 6.19. The molecule has 2 heterocycles. The molecular weight excluding hydrogens is 325 g/mol. The van der Waals surface area contributed by atoms with E-state index in [9.17, 15) is 18.0 Å². The van der Waals surface area contributed by atoms with E-state index in [0.717, 1.165) is 29.7 Å². The van der Waals surface area contributed by atoms with Crippen LogP contribution in [0.25, 0.3) is 5.82 Å². The number of hydrogen-bond acceptors (Lipinski definition) is 5. The summed E-state index contributed by atoms with van der Waals surface area (Å²) in [5.41, 5.74) is 5.07. The topological polar surface area (TPSA) is 98.7 Å². The number of aromatic nitrogens is 4. The highest BCUT2D eigenvalue weighted by Gasteiger charge is 2.31. The molecule has 1 atom stereocenters. The van der Waals surface area contributed by atoms with Gasteiger partial charge in [0.05, 0.1) is 11.8 Å². The van der Waals surface area contributed by atoms with Crippen molar-refractivity contribution in [1.82, 2.24) is 25.3 Å². The lowest BCUT2D eigenvalue weighted by Crippen LogP contribution is -2.38. The van der Waals surface area contributed by atoms with E-state index in [-0.39, 0.29) is 17.6 Å². The van der Waals surface area contributed by atoms with Crippen LogP contribution in [0.3, 0.4) is 0 Å². The molecule has 0 saturated heterocycles. The molecule has 0 spiro atoms. The smallest absolute Gasteiger partial charge is 0.349 e. The predicted molar refractivity (Wildman–Crippen MR) is 77.2 cm³/mol. The third-order valence-electron chi connectivity index (χ3n) is 3.76. The summed E-state index contributed by atoms with van der Waals surface area (Å²) in [5, 5.41) is 10.1. The highest BCUT2D eigenvalue weighted by atomic mass is 19.4. The van der Waals surface area contributed by atoms with Gasteiger partial charge in [0, 0.05) is 18.8 Å². The van der Waals surface area contributed by atoms with Crippen molar-refractivity contribution >= 4 is 5.91 Å². The van der Waals surface area contributed by atoms with Gasteiger partial charge in [0.1, 0.15) is 0 Å². The maximum absolute atomic E-state index is 12.5. The summed E-state index contributed by atoms with van der Waals surface area (Å²) in [7, 11) is 0. The van der Waals surface area contributed by atoms with Crippen molar-refractivity contribution in [3.8, 4) is 5.82 Å². The molecule has 128 valence electrons. The third kappa shape index (κ3) is 3.70. The molecule has 2 aromatic heterocycles. The summed E-state index contributed by atoms with van der Waals surface area (Å²) in [5.74, 6) is 0.144. The molecule has 3 rings (SSSR count). The molecule has 1 aliphatic rings. The van der Waals surface area contributed by atoms with E-state index in [1.165, 1.54) is 6.20 Å². The average molecular weight is 340 g/mol. The standard InChI is InChI=1S/C14H15F3N6O/c15-14(16,17)9-3-4-12(19-5-9)23-7-11(21-22-23)13(24)20-6-10(18)8-1-2-8/h3-5,7-8,10H,1-2,6,18H2,(H,20,24). The fourth-order valence-corrected chi connectivity index (χ4v) is 2.16. The second-order valence-electron chi connectivity index (χ2n) is 5.66. The van der Waals surface area contributed by atoms with Gasteiger partial charge in [-0.2, -0.15) is 13.2 Å². The molecule has 10 heteroatoms. The Morgan fingerprint density at radius 1 is 1.42 bits per heavy atom. The van der Waals surface area contributed by atoms with Crippen LogP contribution >= 0.6 is 0 Å². The lowest BCUT2D eigenvalue weighted by molar-refractivity contribution is -0.137. The quantitative estimate of drug-likeness (QED) is 0.851. The Morgan fingerprint density at radius 3 is 2.75 bits per heavy atom. The summed E-state index contributed by atoms with van der Waals surface area (Å²) >= 11 is 0. The fourth-order valence-electron chi connectivity index (χ4n) is 2.16. The fraction of sp³-hybridized carbons (Fsp3) is 0.429. The summed E-state index contributed by atoms with van der Waals surface area (Å²) in [6.07, 6.45) is -0.308. The number of alkyl halides is 3. The molecule has 3 N–H and O–H groups in total. The van der Waals surface area contributed by atoms with Crippen LogP contribution in [0.5, 0.6) is 0 Å². The monoisotopic (exact) mass is 340 g/mol. The van der Waals surface area contributed by atoms with Crippen molar-refractivity contribution in [2.45, 2.75) is 25.1 Å². The first-order valence-electron chi connectivity index (χ1n) is 7.34. The zero-order valence-electron chi connectivity index (χ0n) is 12.5. The minimum Gasteiger partial charge on any atom is -0.349 e. The van der Waals surface area contributed by atoms with Crippen molar-refractivity contribution < 1.29 is 18.0 Å². The van der Waals surface area contributed by atoms with Gasteiger partial charge < -0.3 is 11.1 Å². The van der Waals surface area contributed by atoms with E-state index in [1.807, 2.05) is 0 Å². The number of carbonyl (C=O) groups excluding carboxylic acids is 1. The SMILES string of the molecule is NC(CNC(=O)c1cn(-c2ccc(C(F)(F)F)cn2)nn1)C1CC1. The Hall–Kier alpha value is -2.49. The minimum absolute atomic E-state index is 0.0414. The Bertz CT molecular complexity index is 723. The van der Waals surface area contributed by atoms with Gasteiger partial charge in [-0.3, -0.25) is 4.79 Å². The Balaban J connectivity index is 1.65. The van der Waals surface area contributed by atoms with Crippen molar-refractivity contribution in [1.29, 1.82) is 0 Å². The number of rotatable bonds is 5.